The minimum atomic E-state index is 1.23. The molecule has 0 aromatic heterocycles. The Labute approximate surface area is 62.3 Å². The first-order valence-electron chi connectivity index (χ1n) is 3.42. The normalized spacial score (nSPS) is 9.40. The molecule has 0 aliphatic heterocycles. The summed E-state index contributed by atoms with van der Waals surface area (Å²) in [7, 11) is 2.04. The summed E-state index contributed by atoms with van der Waals surface area (Å²) in [5.41, 5.74) is 1.23. The zero-order valence-corrected chi connectivity index (χ0v) is 6.41. The summed E-state index contributed by atoms with van der Waals surface area (Å²) in [6.45, 7) is 4.06. The van der Waals surface area contributed by atoms with Crippen LogP contribution in [0, 0.1) is 6.54 Å². The summed E-state index contributed by atoms with van der Waals surface area (Å²) < 4.78 is 0. The average Bonchev–Trinajstić information content (AvgIpc) is 2.05. The van der Waals surface area contributed by atoms with Gasteiger partial charge in [-0.2, -0.15) is 0 Å². The summed E-state index contributed by atoms with van der Waals surface area (Å²) >= 11 is 0. The molecular weight excluding hydrogens is 122 g/mol. The Balaban J connectivity index is 2.75. The van der Waals surface area contributed by atoms with Gasteiger partial charge in [0.25, 0.3) is 0 Å². The van der Waals surface area contributed by atoms with Gasteiger partial charge >= 0.3 is 0 Å². The number of rotatable bonds is 2. The lowest BCUT2D eigenvalue weighted by atomic mass is 10.3. The fraction of sp³-hybridized carbons (Fsp3) is 0.222. The first-order valence-corrected chi connectivity index (χ1v) is 3.42. The maximum Gasteiger partial charge on any atom is 0.0459 e. The molecule has 53 valence electrons. The fourth-order valence-electron chi connectivity index (χ4n) is 0.812. The van der Waals surface area contributed by atoms with Crippen LogP contribution in [0.3, 0.4) is 0 Å². The maximum atomic E-state index is 2.08. The van der Waals surface area contributed by atoms with Crippen molar-refractivity contribution in [2.75, 3.05) is 11.9 Å². The molecule has 0 N–H and O–H groups in total. The van der Waals surface area contributed by atoms with E-state index < -0.39 is 0 Å². The molecule has 10 heavy (non-hydrogen) atoms. The standard InChI is InChI=1S/C9H12N/c1-3-10(2)9-7-5-4-6-8-9/h3-8H,1-2H3. The van der Waals surface area contributed by atoms with E-state index in [0.717, 1.165) is 0 Å². The number of anilines is 1. The molecule has 1 rings (SSSR count). The molecular formula is C9H12N. The van der Waals surface area contributed by atoms with Crippen molar-refractivity contribution >= 4 is 5.69 Å². The van der Waals surface area contributed by atoms with Crippen molar-refractivity contribution in [3.63, 3.8) is 0 Å². The van der Waals surface area contributed by atoms with Crippen LogP contribution in [0.5, 0.6) is 0 Å². The predicted molar refractivity (Wildman–Crippen MR) is 44.8 cm³/mol. The summed E-state index contributed by atoms with van der Waals surface area (Å²) in [5.74, 6) is 0. The molecule has 0 saturated heterocycles. The van der Waals surface area contributed by atoms with Gasteiger partial charge in [0.2, 0.25) is 0 Å². The van der Waals surface area contributed by atoms with E-state index in [1.54, 1.807) is 0 Å². The molecule has 0 aliphatic carbocycles. The number of nitrogens with zero attached hydrogens (tertiary/aromatic N) is 1. The van der Waals surface area contributed by atoms with Crippen molar-refractivity contribution < 1.29 is 0 Å². The van der Waals surface area contributed by atoms with Gasteiger partial charge in [-0.05, 0) is 19.1 Å². The van der Waals surface area contributed by atoms with Crippen molar-refractivity contribution in [1.82, 2.24) is 0 Å². The van der Waals surface area contributed by atoms with Crippen LogP contribution < -0.4 is 4.90 Å². The average molecular weight is 134 g/mol. The van der Waals surface area contributed by atoms with E-state index in [4.69, 9.17) is 0 Å². The van der Waals surface area contributed by atoms with Gasteiger partial charge in [-0.3, -0.25) is 0 Å². The van der Waals surface area contributed by atoms with E-state index in [9.17, 15) is 0 Å². The quantitative estimate of drug-likeness (QED) is 0.600. The van der Waals surface area contributed by atoms with Crippen LogP contribution >= 0.6 is 0 Å². The molecule has 0 atom stereocenters. The first-order chi connectivity index (χ1) is 4.84. The van der Waals surface area contributed by atoms with Crippen LogP contribution in [0.1, 0.15) is 6.92 Å². The second-order valence-corrected chi connectivity index (χ2v) is 2.20. The lowest BCUT2D eigenvalue weighted by Gasteiger charge is -2.14. The number of para-hydroxylation sites is 1. The van der Waals surface area contributed by atoms with Gasteiger partial charge in [-0.15, -0.1) is 0 Å². The van der Waals surface area contributed by atoms with Crippen LogP contribution in [0.2, 0.25) is 0 Å². The highest BCUT2D eigenvalue weighted by Crippen LogP contribution is 2.10. The minimum Gasteiger partial charge on any atom is -0.370 e. The number of benzene rings is 1. The monoisotopic (exact) mass is 134 g/mol. The Morgan fingerprint density at radius 2 is 1.80 bits per heavy atom. The molecule has 1 heteroatoms. The first kappa shape index (κ1) is 7.13. The lowest BCUT2D eigenvalue weighted by molar-refractivity contribution is 1.09. The van der Waals surface area contributed by atoms with Gasteiger partial charge < -0.3 is 4.90 Å². The zero-order valence-electron chi connectivity index (χ0n) is 6.41. The molecule has 0 bridgehead atoms. The van der Waals surface area contributed by atoms with Crippen molar-refractivity contribution in [3.8, 4) is 0 Å². The number of hydrogen-bond acceptors (Lipinski definition) is 1. The summed E-state index contributed by atoms with van der Waals surface area (Å²) in [6, 6.07) is 10.3. The van der Waals surface area contributed by atoms with Crippen LogP contribution in [-0.4, -0.2) is 7.05 Å². The molecule has 0 fully saturated rings. The van der Waals surface area contributed by atoms with Crippen molar-refractivity contribution in [2.45, 2.75) is 6.92 Å². The highest BCUT2D eigenvalue weighted by atomic mass is 15.1. The molecule has 0 amide bonds. The molecule has 1 nitrogen and oxygen atoms in total. The Morgan fingerprint density at radius 1 is 1.20 bits per heavy atom. The smallest absolute Gasteiger partial charge is 0.0459 e. The van der Waals surface area contributed by atoms with Crippen molar-refractivity contribution in [2.24, 2.45) is 0 Å². The van der Waals surface area contributed by atoms with Crippen LogP contribution in [0.4, 0.5) is 5.69 Å². The minimum absolute atomic E-state index is 1.23. The second kappa shape index (κ2) is 3.25. The van der Waals surface area contributed by atoms with Gasteiger partial charge in [-0.25, -0.2) is 0 Å². The molecule has 0 spiro atoms. The third-order valence-electron chi connectivity index (χ3n) is 1.55. The van der Waals surface area contributed by atoms with Crippen LogP contribution in [-0.2, 0) is 0 Å². The SMILES string of the molecule is C[CH]N(C)c1ccccc1. The topological polar surface area (TPSA) is 3.24 Å². The fourth-order valence-corrected chi connectivity index (χ4v) is 0.812. The third-order valence-corrected chi connectivity index (χ3v) is 1.55. The van der Waals surface area contributed by atoms with Gasteiger partial charge in [0.1, 0.15) is 0 Å². The van der Waals surface area contributed by atoms with Gasteiger partial charge in [0.15, 0.2) is 0 Å². The molecule has 0 aliphatic rings. The lowest BCUT2D eigenvalue weighted by Crippen LogP contribution is -2.09. The van der Waals surface area contributed by atoms with E-state index in [0.29, 0.717) is 0 Å². The maximum absolute atomic E-state index is 2.08. The Morgan fingerprint density at radius 3 is 2.30 bits per heavy atom. The summed E-state index contributed by atoms with van der Waals surface area (Å²) in [4.78, 5) is 2.08. The largest absolute Gasteiger partial charge is 0.370 e. The molecule has 1 aromatic carbocycles. The Bertz CT molecular complexity index is 181. The van der Waals surface area contributed by atoms with E-state index in [1.165, 1.54) is 5.69 Å². The highest BCUT2D eigenvalue weighted by molar-refractivity contribution is 5.46. The van der Waals surface area contributed by atoms with E-state index in [2.05, 4.69) is 17.0 Å². The van der Waals surface area contributed by atoms with Crippen molar-refractivity contribution in [1.29, 1.82) is 0 Å². The Hall–Kier alpha value is -0.980. The van der Waals surface area contributed by atoms with Gasteiger partial charge in [0, 0.05) is 19.3 Å². The Kier molecular flexibility index (Phi) is 2.32. The van der Waals surface area contributed by atoms with Gasteiger partial charge in [0.05, 0.1) is 0 Å². The third kappa shape index (κ3) is 1.50. The molecule has 0 heterocycles. The predicted octanol–water partition coefficient (Wildman–Crippen LogP) is 2.30. The van der Waals surface area contributed by atoms with Gasteiger partial charge in [-0.1, -0.05) is 18.2 Å². The highest BCUT2D eigenvalue weighted by Gasteiger charge is 1.93. The molecule has 0 unspecified atom stereocenters. The van der Waals surface area contributed by atoms with E-state index in [1.807, 2.05) is 38.7 Å². The molecule has 1 radical (unpaired) electrons. The molecule has 0 saturated carbocycles. The summed E-state index contributed by atoms with van der Waals surface area (Å²) in [5, 5.41) is 0. The van der Waals surface area contributed by atoms with E-state index >= 15 is 0 Å². The van der Waals surface area contributed by atoms with Crippen LogP contribution in [0.25, 0.3) is 0 Å². The van der Waals surface area contributed by atoms with E-state index in [-0.39, 0.29) is 0 Å². The second-order valence-electron chi connectivity index (χ2n) is 2.20. The van der Waals surface area contributed by atoms with Crippen molar-refractivity contribution in [3.05, 3.63) is 36.9 Å². The molecule has 1 aromatic rings. The summed E-state index contributed by atoms with van der Waals surface area (Å²) in [6.07, 6.45) is 0. The number of hydrogen-bond donors (Lipinski definition) is 0. The van der Waals surface area contributed by atoms with Crippen LogP contribution in [0.15, 0.2) is 30.3 Å². The zero-order chi connectivity index (χ0) is 7.40.